The van der Waals surface area contributed by atoms with Gasteiger partial charge in [-0.25, -0.2) is 13.1 Å². The molecule has 0 spiro atoms. The molecule has 3 N–H and O–H groups in total. The van der Waals surface area contributed by atoms with Crippen LogP contribution in [-0.2, 0) is 10.0 Å². The molecule has 1 fully saturated rings. The van der Waals surface area contributed by atoms with Crippen molar-refractivity contribution in [3.05, 3.63) is 24.0 Å². The molecule has 0 aromatic carbocycles. The third-order valence-corrected chi connectivity index (χ3v) is 4.88. The van der Waals surface area contributed by atoms with Gasteiger partial charge in [0, 0.05) is 18.4 Å². The Bertz CT molecular complexity index is 594. The van der Waals surface area contributed by atoms with Crippen molar-refractivity contribution in [2.75, 3.05) is 6.54 Å². The summed E-state index contributed by atoms with van der Waals surface area (Å²) in [5.74, 6) is 0.182. The molecule has 1 aromatic rings. The largest absolute Gasteiger partial charge is 0.330 e. The third kappa shape index (κ3) is 3.10. The molecule has 2 unspecified atom stereocenters. The van der Waals surface area contributed by atoms with Crippen LogP contribution in [0.1, 0.15) is 24.8 Å². The van der Waals surface area contributed by atoms with Crippen molar-refractivity contribution in [3.63, 3.8) is 0 Å². The highest BCUT2D eigenvalue weighted by atomic mass is 32.2. The highest BCUT2D eigenvalue weighted by molar-refractivity contribution is 7.89. The first kappa shape index (κ1) is 13.9. The first-order valence-electron chi connectivity index (χ1n) is 6.14. The number of rotatable bonds is 4. The van der Waals surface area contributed by atoms with Crippen LogP contribution in [0, 0.1) is 17.2 Å². The number of pyridine rings is 1. The Labute approximate surface area is 112 Å². The van der Waals surface area contributed by atoms with Gasteiger partial charge in [-0.1, -0.05) is 6.42 Å². The lowest BCUT2D eigenvalue weighted by molar-refractivity contribution is 0.453. The van der Waals surface area contributed by atoms with Gasteiger partial charge in [0.2, 0.25) is 10.0 Å². The summed E-state index contributed by atoms with van der Waals surface area (Å²) < 4.78 is 27.1. The first-order chi connectivity index (χ1) is 9.06. The Morgan fingerprint density at radius 1 is 1.47 bits per heavy atom. The van der Waals surface area contributed by atoms with Crippen molar-refractivity contribution in [2.24, 2.45) is 11.7 Å². The minimum atomic E-state index is -3.64. The molecule has 0 amide bonds. The van der Waals surface area contributed by atoms with Crippen molar-refractivity contribution < 1.29 is 8.42 Å². The fourth-order valence-electron chi connectivity index (χ4n) is 2.37. The van der Waals surface area contributed by atoms with Gasteiger partial charge in [-0.3, -0.25) is 4.98 Å². The maximum absolute atomic E-state index is 12.2. The maximum atomic E-state index is 12.2. The van der Waals surface area contributed by atoms with E-state index in [2.05, 4.69) is 9.71 Å². The number of hydrogen-bond acceptors (Lipinski definition) is 5. The van der Waals surface area contributed by atoms with Crippen LogP contribution >= 0.6 is 0 Å². The summed E-state index contributed by atoms with van der Waals surface area (Å²) in [6, 6.07) is 3.08. The van der Waals surface area contributed by atoms with Crippen molar-refractivity contribution in [3.8, 4) is 6.07 Å². The van der Waals surface area contributed by atoms with Crippen LogP contribution in [0.2, 0.25) is 0 Å². The normalized spacial score (nSPS) is 23.2. The van der Waals surface area contributed by atoms with Crippen LogP contribution in [0.15, 0.2) is 23.4 Å². The molecular weight excluding hydrogens is 264 g/mol. The zero-order chi connectivity index (χ0) is 13.9. The molecular formula is C12H16N4O2S. The molecule has 1 saturated carbocycles. The smallest absolute Gasteiger partial charge is 0.242 e. The summed E-state index contributed by atoms with van der Waals surface area (Å²) in [5.41, 5.74) is 5.86. The summed E-state index contributed by atoms with van der Waals surface area (Å²) in [6.45, 7) is 0.476. The minimum absolute atomic E-state index is 0.0224. The van der Waals surface area contributed by atoms with E-state index in [1.165, 1.54) is 18.5 Å². The molecule has 1 aromatic heterocycles. The zero-order valence-corrected chi connectivity index (χ0v) is 11.2. The average Bonchev–Trinajstić information content (AvgIpc) is 2.85. The van der Waals surface area contributed by atoms with Crippen LogP contribution in [0.25, 0.3) is 0 Å². The second kappa shape index (κ2) is 5.65. The average molecular weight is 280 g/mol. The van der Waals surface area contributed by atoms with Crippen LogP contribution in [0.5, 0.6) is 0 Å². The van der Waals surface area contributed by atoms with E-state index in [1.807, 2.05) is 6.07 Å². The fourth-order valence-corrected chi connectivity index (χ4v) is 3.70. The number of sulfonamides is 1. The third-order valence-electron chi connectivity index (χ3n) is 3.42. The van der Waals surface area contributed by atoms with Crippen molar-refractivity contribution in [1.82, 2.24) is 9.71 Å². The van der Waals surface area contributed by atoms with Gasteiger partial charge in [0.05, 0.1) is 5.56 Å². The summed E-state index contributed by atoms with van der Waals surface area (Å²) >= 11 is 0. The van der Waals surface area contributed by atoms with E-state index < -0.39 is 10.0 Å². The van der Waals surface area contributed by atoms with Gasteiger partial charge in [0.1, 0.15) is 11.0 Å². The minimum Gasteiger partial charge on any atom is -0.330 e. The van der Waals surface area contributed by atoms with Crippen LogP contribution in [0.3, 0.4) is 0 Å². The molecule has 0 bridgehead atoms. The van der Waals surface area contributed by atoms with E-state index in [0.717, 1.165) is 19.3 Å². The predicted molar refractivity (Wildman–Crippen MR) is 69.5 cm³/mol. The lowest BCUT2D eigenvalue weighted by atomic mass is 10.1. The molecule has 1 aliphatic carbocycles. The molecule has 0 aliphatic heterocycles. The number of hydrogen-bond donors (Lipinski definition) is 2. The van der Waals surface area contributed by atoms with Crippen molar-refractivity contribution >= 4 is 10.0 Å². The molecule has 0 radical (unpaired) electrons. The molecule has 0 saturated heterocycles. The predicted octanol–water partition coefficient (Wildman–Crippen LogP) is 0.359. The second-order valence-electron chi connectivity index (χ2n) is 4.68. The second-order valence-corrected chi connectivity index (χ2v) is 6.39. The molecule has 7 heteroatoms. The summed E-state index contributed by atoms with van der Waals surface area (Å²) in [6.07, 6.45) is 5.30. The quantitative estimate of drug-likeness (QED) is 0.827. The number of nitrogens with zero attached hydrogens (tertiary/aromatic N) is 2. The monoisotopic (exact) mass is 280 g/mol. The SMILES string of the molecule is N#Cc1cncc(S(=O)(=O)NC2CCCC2CN)c1. The number of nitriles is 1. The van der Waals surface area contributed by atoms with Gasteiger partial charge in [-0.05, 0) is 31.4 Å². The van der Waals surface area contributed by atoms with Gasteiger partial charge in [0.25, 0.3) is 0 Å². The summed E-state index contributed by atoms with van der Waals surface area (Å²) in [7, 11) is -3.64. The highest BCUT2D eigenvalue weighted by Gasteiger charge is 2.30. The lowest BCUT2D eigenvalue weighted by Crippen LogP contribution is -2.39. The van der Waals surface area contributed by atoms with Gasteiger partial charge in [-0.15, -0.1) is 0 Å². The Morgan fingerprint density at radius 2 is 2.26 bits per heavy atom. The van der Waals surface area contributed by atoms with Crippen molar-refractivity contribution in [1.29, 1.82) is 5.26 Å². The molecule has 2 atom stereocenters. The summed E-state index contributed by atoms with van der Waals surface area (Å²) in [4.78, 5) is 3.79. The first-order valence-corrected chi connectivity index (χ1v) is 7.62. The zero-order valence-electron chi connectivity index (χ0n) is 10.4. The summed E-state index contributed by atoms with van der Waals surface area (Å²) in [5, 5.41) is 8.77. The number of aromatic nitrogens is 1. The Kier molecular flexibility index (Phi) is 4.14. The standard InChI is InChI=1S/C12H16N4O2S/c13-5-9-4-11(8-15-7-9)19(17,18)16-12-3-1-2-10(12)6-14/h4,7-8,10,12,16H,1-3,6,14H2. The van der Waals surface area contributed by atoms with Crippen molar-refractivity contribution in [2.45, 2.75) is 30.2 Å². The Balaban J connectivity index is 2.20. The van der Waals surface area contributed by atoms with Crippen LogP contribution in [-0.4, -0.2) is 26.0 Å². The lowest BCUT2D eigenvalue weighted by Gasteiger charge is -2.19. The van der Waals surface area contributed by atoms with E-state index in [9.17, 15) is 8.42 Å². The number of nitrogens with one attached hydrogen (secondary N) is 1. The molecule has 2 rings (SSSR count). The molecule has 102 valence electrons. The van der Waals surface area contributed by atoms with E-state index in [-0.39, 0.29) is 22.4 Å². The fraction of sp³-hybridized carbons (Fsp3) is 0.500. The van der Waals surface area contributed by atoms with Crippen LogP contribution in [0.4, 0.5) is 0 Å². The Morgan fingerprint density at radius 3 is 2.95 bits per heavy atom. The molecule has 19 heavy (non-hydrogen) atoms. The molecule has 1 aliphatic rings. The van der Waals surface area contributed by atoms with E-state index >= 15 is 0 Å². The van der Waals surface area contributed by atoms with E-state index in [1.54, 1.807) is 0 Å². The van der Waals surface area contributed by atoms with Gasteiger partial charge >= 0.3 is 0 Å². The van der Waals surface area contributed by atoms with Gasteiger partial charge in [0.15, 0.2) is 0 Å². The Hall–Kier alpha value is -1.49. The van der Waals surface area contributed by atoms with Crippen LogP contribution < -0.4 is 10.5 Å². The maximum Gasteiger partial charge on any atom is 0.242 e. The van der Waals surface area contributed by atoms with Gasteiger partial charge < -0.3 is 5.73 Å². The van der Waals surface area contributed by atoms with E-state index in [4.69, 9.17) is 11.0 Å². The highest BCUT2D eigenvalue weighted by Crippen LogP contribution is 2.26. The molecule has 6 nitrogen and oxygen atoms in total. The van der Waals surface area contributed by atoms with E-state index in [0.29, 0.717) is 6.54 Å². The molecule has 1 heterocycles. The number of nitrogens with two attached hydrogens (primary N) is 1. The van der Waals surface area contributed by atoms with Gasteiger partial charge in [-0.2, -0.15) is 5.26 Å². The topological polar surface area (TPSA) is 109 Å².